The Morgan fingerprint density at radius 3 is 2.74 bits per heavy atom. The smallest absolute Gasteiger partial charge is 0.497 e. The van der Waals surface area contributed by atoms with Crippen LogP contribution < -0.4 is 14.8 Å². The van der Waals surface area contributed by atoms with Gasteiger partial charge in [-0.25, -0.2) is 4.39 Å². The molecule has 1 aromatic heterocycles. The minimum absolute atomic E-state index is 0.0132. The number of ether oxygens (including phenoxy) is 3. The third-order valence-electron chi connectivity index (χ3n) is 6.08. The normalized spacial score (nSPS) is 23.4. The van der Waals surface area contributed by atoms with Crippen molar-refractivity contribution in [2.75, 3.05) is 38.7 Å². The molecule has 182 valence electrons. The molecular weight excluding hydrogens is 458 g/mol. The summed E-state index contributed by atoms with van der Waals surface area (Å²) in [5, 5.41) is 10.6. The van der Waals surface area contributed by atoms with Crippen molar-refractivity contribution in [1.82, 2.24) is 19.9 Å². The van der Waals surface area contributed by atoms with Crippen LogP contribution in [0, 0.1) is 5.82 Å². The molecule has 3 atom stereocenters. The molecular formula is C22H23F4N5O3. The Morgan fingerprint density at radius 1 is 1.18 bits per heavy atom. The molecule has 2 aliphatic rings. The maximum atomic E-state index is 13.9. The number of morpholine rings is 1. The Kier molecular flexibility index (Phi) is 5.72. The predicted octanol–water partition coefficient (Wildman–Crippen LogP) is 3.69. The van der Waals surface area contributed by atoms with Crippen molar-refractivity contribution in [3.8, 4) is 11.5 Å². The Bertz CT molecular complexity index is 1200. The van der Waals surface area contributed by atoms with E-state index in [2.05, 4.69) is 20.4 Å². The SMILES string of the molecule is COc1cc(N[C@H]2c3ccc(F)cc3OC[C@@H]2N2CCO[C@H](C)C2)c2nn(C(F)(F)F)nc2c1. The zero-order valence-electron chi connectivity index (χ0n) is 18.5. The maximum Gasteiger partial charge on any atom is 0.521 e. The van der Waals surface area contributed by atoms with E-state index in [0.717, 1.165) is 0 Å². The second-order valence-electron chi connectivity index (χ2n) is 8.36. The Morgan fingerprint density at radius 2 is 2.00 bits per heavy atom. The average Bonchev–Trinajstić information content (AvgIpc) is 3.24. The van der Waals surface area contributed by atoms with E-state index in [0.29, 0.717) is 42.4 Å². The van der Waals surface area contributed by atoms with E-state index >= 15 is 0 Å². The van der Waals surface area contributed by atoms with E-state index < -0.39 is 18.2 Å². The summed E-state index contributed by atoms with van der Waals surface area (Å²) in [5.74, 6) is 0.271. The van der Waals surface area contributed by atoms with Crippen LogP contribution in [-0.4, -0.2) is 65.5 Å². The first-order valence-corrected chi connectivity index (χ1v) is 10.8. The van der Waals surface area contributed by atoms with Gasteiger partial charge in [-0.3, -0.25) is 4.90 Å². The van der Waals surface area contributed by atoms with Gasteiger partial charge in [0.25, 0.3) is 0 Å². The number of nitrogens with zero attached hydrogens (tertiary/aromatic N) is 4. The molecule has 1 saturated heterocycles. The summed E-state index contributed by atoms with van der Waals surface area (Å²) >= 11 is 0. The standard InChI is InChI=1S/C22H23F4N5O3/c1-12-10-30(5-6-33-12)18-11-34-19-7-13(23)3-4-15(19)20(18)27-16-8-14(32-2)9-17-21(16)29-31(28-17)22(24,25)26/h3-4,7-9,12,18,20,27H,5-6,10-11H2,1-2H3/t12-,18+,20+/m1/s1. The topological polar surface area (TPSA) is 73.7 Å². The number of fused-ring (bicyclic) bond motifs is 2. The second-order valence-corrected chi connectivity index (χ2v) is 8.36. The molecule has 1 fully saturated rings. The number of methoxy groups -OCH3 is 1. The van der Waals surface area contributed by atoms with Gasteiger partial charge in [0.2, 0.25) is 0 Å². The number of hydrogen-bond donors (Lipinski definition) is 1. The maximum absolute atomic E-state index is 13.9. The van der Waals surface area contributed by atoms with Crippen molar-refractivity contribution >= 4 is 16.7 Å². The molecule has 34 heavy (non-hydrogen) atoms. The largest absolute Gasteiger partial charge is 0.521 e. The number of aromatic nitrogens is 3. The summed E-state index contributed by atoms with van der Waals surface area (Å²) in [6, 6.07) is 6.62. The fraction of sp³-hybridized carbons (Fsp3) is 0.455. The summed E-state index contributed by atoms with van der Waals surface area (Å²) in [6.45, 7) is 4.10. The van der Waals surface area contributed by atoms with Crippen LogP contribution in [0.2, 0.25) is 0 Å². The molecule has 5 rings (SSSR count). The van der Waals surface area contributed by atoms with Gasteiger partial charge in [-0.15, -0.1) is 23.4 Å². The van der Waals surface area contributed by atoms with E-state index in [1.807, 2.05) is 6.92 Å². The van der Waals surface area contributed by atoms with Gasteiger partial charge >= 0.3 is 6.30 Å². The van der Waals surface area contributed by atoms with Gasteiger partial charge in [0, 0.05) is 36.9 Å². The van der Waals surface area contributed by atoms with Crippen LogP contribution in [0.1, 0.15) is 18.5 Å². The summed E-state index contributed by atoms with van der Waals surface area (Å²) in [7, 11) is 1.42. The third-order valence-corrected chi connectivity index (χ3v) is 6.08. The number of benzene rings is 2. The monoisotopic (exact) mass is 481 g/mol. The lowest BCUT2D eigenvalue weighted by atomic mass is 9.93. The number of anilines is 1. The fourth-order valence-electron chi connectivity index (χ4n) is 4.51. The number of hydrogen-bond acceptors (Lipinski definition) is 7. The molecule has 2 aliphatic heterocycles. The lowest BCUT2D eigenvalue weighted by molar-refractivity contribution is -0.220. The second kappa shape index (κ2) is 8.58. The van der Waals surface area contributed by atoms with Crippen LogP contribution in [0.5, 0.6) is 11.5 Å². The summed E-state index contributed by atoms with van der Waals surface area (Å²) in [4.78, 5) is 1.94. The molecule has 0 bridgehead atoms. The molecule has 1 N–H and O–H groups in total. The number of halogens is 4. The number of rotatable bonds is 4. The third kappa shape index (κ3) is 4.23. The number of alkyl halides is 3. The first-order valence-electron chi connectivity index (χ1n) is 10.8. The minimum atomic E-state index is -4.77. The van der Waals surface area contributed by atoms with Crippen LogP contribution in [0.15, 0.2) is 30.3 Å². The first-order chi connectivity index (χ1) is 16.2. The highest BCUT2D eigenvalue weighted by atomic mass is 19.4. The Balaban J connectivity index is 1.59. The average molecular weight is 481 g/mol. The molecule has 3 heterocycles. The van der Waals surface area contributed by atoms with Crippen molar-refractivity contribution in [1.29, 1.82) is 0 Å². The quantitative estimate of drug-likeness (QED) is 0.570. The van der Waals surface area contributed by atoms with E-state index in [-0.39, 0.29) is 34.6 Å². The van der Waals surface area contributed by atoms with Crippen molar-refractivity contribution in [3.05, 3.63) is 41.7 Å². The zero-order valence-corrected chi connectivity index (χ0v) is 18.5. The van der Waals surface area contributed by atoms with Gasteiger partial charge in [0.15, 0.2) is 0 Å². The molecule has 0 spiro atoms. The zero-order chi connectivity index (χ0) is 24.0. The summed E-state index contributed by atoms with van der Waals surface area (Å²) in [6.07, 6.45) is -4.75. The minimum Gasteiger partial charge on any atom is -0.497 e. The number of nitrogens with one attached hydrogen (secondary N) is 1. The van der Waals surface area contributed by atoms with Crippen molar-refractivity contribution < 1.29 is 31.8 Å². The lowest BCUT2D eigenvalue weighted by Gasteiger charge is -2.44. The summed E-state index contributed by atoms with van der Waals surface area (Å²) < 4.78 is 70.6. The predicted molar refractivity (Wildman–Crippen MR) is 114 cm³/mol. The van der Waals surface area contributed by atoms with Gasteiger partial charge in [-0.1, -0.05) is 10.9 Å². The van der Waals surface area contributed by atoms with E-state index in [1.165, 1.54) is 25.3 Å². The van der Waals surface area contributed by atoms with E-state index in [9.17, 15) is 17.6 Å². The van der Waals surface area contributed by atoms with Gasteiger partial charge in [-0.05, 0) is 13.0 Å². The molecule has 0 unspecified atom stereocenters. The van der Waals surface area contributed by atoms with Crippen LogP contribution in [-0.2, 0) is 11.0 Å². The van der Waals surface area contributed by atoms with Gasteiger partial charge in [0.05, 0.1) is 37.6 Å². The van der Waals surface area contributed by atoms with E-state index in [4.69, 9.17) is 14.2 Å². The van der Waals surface area contributed by atoms with Crippen LogP contribution in [0.25, 0.3) is 11.0 Å². The van der Waals surface area contributed by atoms with Crippen LogP contribution >= 0.6 is 0 Å². The molecule has 8 nitrogen and oxygen atoms in total. The molecule has 12 heteroatoms. The molecule has 2 aromatic carbocycles. The van der Waals surface area contributed by atoms with Gasteiger partial charge in [-0.2, -0.15) is 0 Å². The van der Waals surface area contributed by atoms with Crippen molar-refractivity contribution in [2.45, 2.75) is 31.4 Å². The van der Waals surface area contributed by atoms with Gasteiger partial charge in [0.1, 0.15) is 35.0 Å². The fourth-order valence-corrected chi connectivity index (χ4v) is 4.51. The highest BCUT2D eigenvalue weighted by Gasteiger charge is 2.38. The first kappa shape index (κ1) is 22.7. The molecule has 3 aromatic rings. The van der Waals surface area contributed by atoms with Gasteiger partial charge < -0.3 is 19.5 Å². The molecule has 0 amide bonds. The molecule has 0 saturated carbocycles. The highest BCUT2D eigenvalue weighted by Crippen LogP contribution is 2.40. The Hall–Kier alpha value is -3.12. The molecule has 0 aliphatic carbocycles. The summed E-state index contributed by atoms with van der Waals surface area (Å²) in [5.41, 5.74) is 1.08. The lowest BCUT2D eigenvalue weighted by Crippen LogP contribution is -2.54. The van der Waals surface area contributed by atoms with Crippen LogP contribution in [0.3, 0.4) is 0 Å². The van der Waals surface area contributed by atoms with Crippen LogP contribution in [0.4, 0.5) is 23.2 Å². The van der Waals surface area contributed by atoms with E-state index in [1.54, 1.807) is 12.1 Å². The van der Waals surface area contributed by atoms with Crippen molar-refractivity contribution in [2.24, 2.45) is 0 Å². The Labute approximate surface area is 192 Å². The van der Waals surface area contributed by atoms with Crippen molar-refractivity contribution in [3.63, 3.8) is 0 Å². The highest BCUT2D eigenvalue weighted by molar-refractivity contribution is 5.89. The molecule has 0 radical (unpaired) electrons.